The van der Waals surface area contributed by atoms with Crippen LogP contribution in [0.4, 0.5) is 0 Å². The number of aromatic nitrogens is 1. The van der Waals surface area contributed by atoms with Gasteiger partial charge in [-0.2, -0.15) is 5.26 Å². The van der Waals surface area contributed by atoms with E-state index in [1.54, 1.807) is 18.3 Å². The van der Waals surface area contributed by atoms with Gasteiger partial charge in [0.15, 0.2) is 0 Å². The number of carbonyl (C=O) groups excluding carboxylic acids is 1. The highest BCUT2D eigenvalue weighted by Gasteiger charge is 2.11. The number of rotatable bonds is 3. The number of aryl methyl sites for hydroxylation is 1. The average molecular weight is 387 g/mol. The molecule has 2 aromatic carbocycles. The van der Waals surface area contributed by atoms with Gasteiger partial charge in [-0.1, -0.05) is 41.9 Å². The zero-order valence-corrected chi connectivity index (χ0v) is 15.8. The Hall–Kier alpha value is -3.55. The van der Waals surface area contributed by atoms with Gasteiger partial charge >= 0.3 is 0 Å². The Labute approximate surface area is 166 Å². The van der Waals surface area contributed by atoms with Crippen molar-refractivity contribution in [3.05, 3.63) is 88.8 Å². The van der Waals surface area contributed by atoms with Crippen LogP contribution < -0.4 is 0 Å². The van der Waals surface area contributed by atoms with Crippen LogP contribution in [-0.4, -0.2) is 10.5 Å². The molecule has 0 aliphatic rings. The molecule has 4 nitrogen and oxygen atoms in total. The van der Waals surface area contributed by atoms with Crippen molar-refractivity contribution in [3.8, 4) is 17.4 Å². The number of halogens is 1. The molecule has 0 fully saturated rings. The second-order valence-electron chi connectivity index (χ2n) is 6.38. The third-order valence-electron chi connectivity index (χ3n) is 4.54. The Morgan fingerprint density at radius 3 is 2.79 bits per heavy atom. The smallest absolute Gasteiger partial charge is 0.255 e. The number of para-hydroxylation sites is 1. The molecule has 0 spiro atoms. The van der Waals surface area contributed by atoms with Crippen LogP contribution in [0, 0.1) is 18.3 Å². The third-order valence-corrected chi connectivity index (χ3v) is 4.95. The fourth-order valence-corrected chi connectivity index (χ4v) is 3.21. The van der Waals surface area contributed by atoms with Crippen LogP contribution in [0.1, 0.15) is 21.7 Å². The van der Waals surface area contributed by atoms with Crippen molar-refractivity contribution in [2.45, 2.75) is 6.92 Å². The quantitative estimate of drug-likeness (QED) is 0.400. The van der Waals surface area contributed by atoms with Gasteiger partial charge in [0.05, 0.1) is 11.1 Å². The Bertz CT molecular complexity index is 1270. The third kappa shape index (κ3) is 3.24. The molecular weight excluding hydrogens is 372 g/mol. The summed E-state index contributed by atoms with van der Waals surface area (Å²) in [5, 5.41) is 10.7. The van der Waals surface area contributed by atoms with Crippen molar-refractivity contribution < 1.29 is 9.21 Å². The second-order valence-corrected chi connectivity index (χ2v) is 6.79. The van der Waals surface area contributed by atoms with Crippen molar-refractivity contribution in [1.29, 1.82) is 5.26 Å². The lowest BCUT2D eigenvalue weighted by atomic mass is 10.1. The summed E-state index contributed by atoms with van der Waals surface area (Å²) < 4.78 is 7.27. The van der Waals surface area contributed by atoms with E-state index in [0.29, 0.717) is 27.6 Å². The van der Waals surface area contributed by atoms with E-state index in [2.05, 4.69) is 6.07 Å². The average Bonchev–Trinajstić information content (AvgIpc) is 3.33. The summed E-state index contributed by atoms with van der Waals surface area (Å²) in [6.07, 6.45) is 4.60. The summed E-state index contributed by atoms with van der Waals surface area (Å²) in [4.78, 5) is 12.6. The lowest BCUT2D eigenvalue weighted by Gasteiger charge is -2.01. The Balaban J connectivity index is 1.60. The molecular formula is C23H15ClN2O2. The van der Waals surface area contributed by atoms with Gasteiger partial charge in [-0.15, -0.1) is 0 Å². The molecule has 0 aliphatic heterocycles. The summed E-state index contributed by atoms with van der Waals surface area (Å²) in [6, 6.07) is 18.8. The maximum absolute atomic E-state index is 12.6. The molecule has 0 aliphatic carbocycles. The molecule has 0 saturated heterocycles. The van der Waals surface area contributed by atoms with E-state index in [-0.39, 0.29) is 5.91 Å². The number of benzene rings is 2. The molecule has 0 atom stereocenters. The van der Waals surface area contributed by atoms with Crippen molar-refractivity contribution in [2.75, 3.05) is 0 Å². The molecule has 0 radical (unpaired) electrons. The highest BCUT2D eigenvalue weighted by atomic mass is 35.5. The molecule has 0 N–H and O–H groups in total. The van der Waals surface area contributed by atoms with Crippen LogP contribution in [0.5, 0.6) is 0 Å². The molecule has 2 heterocycles. The minimum atomic E-state index is -0.256. The topological polar surface area (TPSA) is 58.9 Å². The van der Waals surface area contributed by atoms with Gasteiger partial charge in [0.25, 0.3) is 5.91 Å². The van der Waals surface area contributed by atoms with Crippen LogP contribution >= 0.6 is 11.6 Å². The molecule has 4 aromatic rings. The van der Waals surface area contributed by atoms with Crippen molar-refractivity contribution in [3.63, 3.8) is 0 Å². The molecule has 0 saturated carbocycles. The zero-order valence-electron chi connectivity index (χ0n) is 15.0. The highest BCUT2D eigenvalue weighted by molar-refractivity contribution is 6.31. The largest absolute Gasteiger partial charge is 0.457 e. The zero-order chi connectivity index (χ0) is 19.7. The maximum atomic E-state index is 12.6. The number of furan rings is 1. The Kier molecular flexibility index (Phi) is 4.60. The fourth-order valence-electron chi connectivity index (χ4n) is 3.03. The number of hydrogen-bond acceptors (Lipinski definition) is 3. The molecule has 0 amide bonds. The Morgan fingerprint density at radius 2 is 2.00 bits per heavy atom. The standard InChI is InChI=1S/C23H15ClN2O2/c1-15-6-7-16(12-20(15)24)22-10-8-18(28-22)9-11-23(27)26-14-17(13-25)19-4-2-3-5-21(19)26/h2-12,14H,1H3/b11-9+. The summed E-state index contributed by atoms with van der Waals surface area (Å²) in [5.41, 5.74) is 3.03. The fraction of sp³-hybridized carbons (Fsp3) is 0.0435. The van der Waals surface area contributed by atoms with Gasteiger partial charge in [0.2, 0.25) is 0 Å². The monoisotopic (exact) mass is 386 g/mol. The van der Waals surface area contributed by atoms with Gasteiger partial charge in [0, 0.05) is 28.2 Å². The van der Waals surface area contributed by atoms with E-state index < -0.39 is 0 Å². The first kappa shape index (κ1) is 17.8. The first-order valence-electron chi connectivity index (χ1n) is 8.66. The van der Waals surface area contributed by atoms with E-state index in [1.165, 1.54) is 10.6 Å². The summed E-state index contributed by atoms with van der Waals surface area (Å²) in [5.74, 6) is 0.971. The number of carbonyl (C=O) groups is 1. The minimum absolute atomic E-state index is 0.256. The van der Waals surface area contributed by atoms with Gasteiger partial charge in [0.1, 0.15) is 17.6 Å². The number of fused-ring (bicyclic) bond motifs is 1. The lowest BCUT2D eigenvalue weighted by molar-refractivity contribution is 0.0974. The number of allylic oxidation sites excluding steroid dienone is 1. The van der Waals surface area contributed by atoms with E-state index >= 15 is 0 Å². The van der Waals surface area contributed by atoms with E-state index in [1.807, 2.05) is 55.5 Å². The van der Waals surface area contributed by atoms with Crippen molar-refractivity contribution in [1.82, 2.24) is 4.57 Å². The Morgan fingerprint density at radius 1 is 1.18 bits per heavy atom. The SMILES string of the molecule is Cc1ccc(-c2ccc(/C=C/C(=O)n3cc(C#N)c4ccccc43)o2)cc1Cl. The van der Waals surface area contributed by atoms with Crippen molar-refractivity contribution >= 4 is 34.5 Å². The number of nitriles is 1. The van der Waals surface area contributed by atoms with Gasteiger partial charge < -0.3 is 4.42 Å². The van der Waals surface area contributed by atoms with Crippen LogP contribution in [0.2, 0.25) is 5.02 Å². The first-order chi connectivity index (χ1) is 13.6. The number of hydrogen-bond donors (Lipinski definition) is 0. The predicted molar refractivity (Wildman–Crippen MR) is 110 cm³/mol. The van der Waals surface area contributed by atoms with Crippen LogP contribution in [-0.2, 0) is 0 Å². The first-order valence-corrected chi connectivity index (χ1v) is 9.03. The molecule has 4 rings (SSSR count). The highest BCUT2D eigenvalue weighted by Crippen LogP contribution is 2.27. The van der Waals surface area contributed by atoms with Crippen molar-refractivity contribution in [2.24, 2.45) is 0 Å². The molecule has 2 aromatic heterocycles. The van der Waals surface area contributed by atoms with Crippen LogP contribution in [0.25, 0.3) is 28.3 Å². The minimum Gasteiger partial charge on any atom is -0.457 e. The summed E-state index contributed by atoms with van der Waals surface area (Å²) in [7, 11) is 0. The van der Waals surface area contributed by atoms with Crippen LogP contribution in [0.3, 0.4) is 0 Å². The lowest BCUT2D eigenvalue weighted by Crippen LogP contribution is -2.04. The normalized spacial score (nSPS) is 11.2. The summed E-state index contributed by atoms with van der Waals surface area (Å²) in [6.45, 7) is 1.94. The maximum Gasteiger partial charge on any atom is 0.255 e. The van der Waals surface area contributed by atoms with Gasteiger partial charge in [-0.3, -0.25) is 9.36 Å². The van der Waals surface area contributed by atoms with E-state index in [9.17, 15) is 10.1 Å². The van der Waals surface area contributed by atoms with Gasteiger partial charge in [-0.25, -0.2) is 0 Å². The molecule has 0 unspecified atom stereocenters. The predicted octanol–water partition coefficient (Wildman–Crippen LogP) is 6.09. The second kappa shape index (κ2) is 7.22. The van der Waals surface area contributed by atoms with Gasteiger partial charge in [-0.05, 0) is 42.8 Å². The van der Waals surface area contributed by atoms with E-state index in [4.69, 9.17) is 16.0 Å². The number of nitrogens with zero attached hydrogens (tertiary/aromatic N) is 2. The molecule has 136 valence electrons. The summed E-state index contributed by atoms with van der Waals surface area (Å²) >= 11 is 6.18. The van der Waals surface area contributed by atoms with Crippen LogP contribution in [0.15, 0.2) is 71.3 Å². The molecule has 5 heteroatoms. The molecule has 0 bridgehead atoms. The molecule has 28 heavy (non-hydrogen) atoms. The van der Waals surface area contributed by atoms with E-state index in [0.717, 1.165) is 16.5 Å².